The fourth-order valence-corrected chi connectivity index (χ4v) is 1.66. The molecule has 0 radical (unpaired) electrons. The summed E-state index contributed by atoms with van der Waals surface area (Å²) in [5.41, 5.74) is 0.932. The zero-order valence-electron chi connectivity index (χ0n) is 10.1. The number of halogens is 1. The predicted octanol–water partition coefficient (Wildman–Crippen LogP) is 2.21. The molecule has 0 saturated heterocycles. The fraction of sp³-hybridized carbons (Fsp3) is 0.462. The highest BCUT2D eigenvalue weighted by molar-refractivity contribution is 5.72. The topological polar surface area (TPSA) is 49.3 Å². The summed E-state index contributed by atoms with van der Waals surface area (Å²) in [6, 6.07) is 6.01. The van der Waals surface area contributed by atoms with Gasteiger partial charge in [0, 0.05) is 6.04 Å². The molecular weight excluding hydrogens is 221 g/mol. The molecule has 0 fully saturated rings. The number of nitrogens with one attached hydrogen (secondary N) is 1. The first-order valence-electron chi connectivity index (χ1n) is 5.72. The van der Waals surface area contributed by atoms with Gasteiger partial charge >= 0.3 is 5.97 Å². The molecule has 1 aromatic rings. The molecule has 0 bridgehead atoms. The van der Waals surface area contributed by atoms with Crippen molar-refractivity contribution in [1.82, 2.24) is 5.32 Å². The average Bonchev–Trinajstić information content (AvgIpc) is 2.26. The van der Waals surface area contributed by atoms with Gasteiger partial charge in [-0.1, -0.05) is 12.1 Å². The number of benzene rings is 1. The van der Waals surface area contributed by atoms with Gasteiger partial charge in [0.1, 0.15) is 11.9 Å². The molecule has 0 aliphatic heterocycles. The van der Waals surface area contributed by atoms with Crippen LogP contribution in [-0.4, -0.2) is 23.2 Å². The Kier molecular flexibility index (Phi) is 5.10. The highest BCUT2D eigenvalue weighted by atomic mass is 19.1. The molecule has 0 aliphatic carbocycles. The normalized spacial score (nSPS) is 14.3. The first kappa shape index (κ1) is 13.6. The lowest BCUT2D eigenvalue weighted by atomic mass is 10.1. The molecule has 0 spiro atoms. The third kappa shape index (κ3) is 4.95. The largest absolute Gasteiger partial charge is 0.480 e. The Morgan fingerprint density at radius 2 is 2.18 bits per heavy atom. The second-order valence-electron chi connectivity index (χ2n) is 4.30. The number of aryl methyl sites for hydroxylation is 1. The maximum atomic E-state index is 12.9. The van der Waals surface area contributed by atoms with E-state index in [4.69, 9.17) is 5.11 Å². The zero-order chi connectivity index (χ0) is 12.8. The van der Waals surface area contributed by atoms with Crippen molar-refractivity contribution >= 4 is 5.97 Å². The lowest BCUT2D eigenvalue weighted by molar-refractivity contribution is -0.139. The maximum Gasteiger partial charge on any atom is 0.320 e. The van der Waals surface area contributed by atoms with E-state index in [1.807, 2.05) is 13.0 Å². The van der Waals surface area contributed by atoms with Crippen molar-refractivity contribution in [2.45, 2.75) is 38.8 Å². The monoisotopic (exact) mass is 239 g/mol. The minimum atomic E-state index is -0.859. The number of carboxylic acids is 1. The molecule has 17 heavy (non-hydrogen) atoms. The van der Waals surface area contributed by atoms with E-state index < -0.39 is 12.0 Å². The van der Waals surface area contributed by atoms with Crippen LogP contribution in [0.5, 0.6) is 0 Å². The lowest BCUT2D eigenvalue weighted by Crippen LogP contribution is -2.40. The van der Waals surface area contributed by atoms with Gasteiger partial charge in [0.05, 0.1) is 0 Å². The second kappa shape index (κ2) is 6.35. The van der Waals surface area contributed by atoms with E-state index >= 15 is 0 Å². The summed E-state index contributed by atoms with van der Waals surface area (Å²) < 4.78 is 12.9. The van der Waals surface area contributed by atoms with E-state index in [9.17, 15) is 9.18 Å². The molecule has 0 heterocycles. The smallest absolute Gasteiger partial charge is 0.320 e. The van der Waals surface area contributed by atoms with E-state index in [2.05, 4.69) is 5.32 Å². The summed E-state index contributed by atoms with van der Waals surface area (Å²) in [7, 11) is 0. The summed E-state index contributed by atoms with van der Waals surface area (Å²) in [5, 5.41) is 11.7. The fourth-order valence-electron chi connectivity index (χ4n) is 1.66. The Morgan fingerprint density at radius 3 is 2.76 bits per heavy atom. The molecule has 94 valence electrons. The number of carbonyl (C=O) groups is 1. The van der Waals surface area contributed by atoms with E-state index in [1.54, 1.807) is 13.0 Å². The zero-order valence-corrected chi connectivity index (χ0v) is 10.1. The number of hydrogen-bond acceptors (Lipinski definition) is 2. The van der Waals surface area contributed by atoms with Crippen molar-refractivity contribution < 1.29 is 14.3 Å². The van der Waals surface area contributed by atoms with Gasteiger partial charge in [0.2, 0.25) is 0 Å². The summed E-state index contributed by atoms with van der Waals surface area (Å²) in [5.74, 6) is -1.09. The molecule has 4 heteroatoms. The van der Waals surface area contributed by atoms with Crippen molar-refractivity contribution in [3.63, 3.8) is 0 Å². The van der Waals surface area contributed by atoms with Crippen LogP contribution in [0.1, 0.15) is 25.8 Å². The van der Waals surface area contributed by atoms with Crippen LogP contribution in [0.15, 0.2) is 24.3 Å². The van der Waals surface area contributed by atoms with Crippen LogP contribution in [0.4, 0.5) is 4.39 Å². The second-order valence-corrected chi connectivity index (χ2v) is 4.30. The Labute approximate surface area is 101 Å². The summed E-state index contributed by atoms with van der Waals surface area (Å²) >= 11 is 0. The van der Waals surface area contributed by atoms with Crippen LogP contribution in [0.2, 0.25) is 0 Å². The Balaban J connectivity index is 2.38. The van der Waals surface area contributed by atoms with E-state index in [0.29, 0.717) is 0 Å². The van der Waals surface area contributed by atoms with Crippen molar-refractivity contribution in [2.75, 3.05) is 0 Å². The van der Waals surface area contributed by atoms with Crippen molar-refractivity contribution in [3.8, 4) is 0 Å². The number of rotatable bonds is 6. The van der Waals surface area contributed by atoms with E-state index in [0.717, 1.165) is 18.4 Å². The number of carboxylic acid groups (broad SMARTS) is 1. The minimum Gasteiger partial charge on any atom is -0.480 e. The van der Waals surface area contributed by atoms with Crippen LogP contribution < -0.4 is 5.32 Å². The van der Waals surface area contributed by atoms with Crippen molar-refractivity contribution in [1.29, 1.82) is 0 Å². The molecule has 0 saturated carbocycles. The van der Waals surface area contributed by atoms with Crippen LogP contribution in [0, 0.1) is 5.82 Å². The molecule has 0 aliphatic rings. The highest BCUT2D eigenvalue weighted by Gasteiger charge is 2.13. The van der Waals surface area contributed by atoms with Gasteiger partial charge in [0.25, 0.3) is 0 Å². The van der Waals surface area contributed by atoms with Crippen LogP contribution in [0.25, 0.3) is 0 Å². The van der Waals surface area contributed by atoms with Gasteiger partial charge in [-0.05, 0) is 44.4 Å². The SMILES string of the molecule is CC(CCc1cccc(F)c1)N[C@@H](C)C(=O)O. The van der Waals surface area contributed by atoms with Gasteiger partial charge in [-0.25, -0.2) is 4.39 Å². The van der Waals surface area contributed by atoms with Crippen molar-refractivity contribution in [3.05, 3.63) is 35.6 Å². The Morgan fingerprint density at radius 1 is 1.47 bits per heavy atom. The third-order valence-electron chi connectivity index (χ3n) is 2.66. The quantitative estimate of drug-likeness (QED) is 0.800. The molecule has 0 amide bonds. The summed E-state index contributed by atoms with van der Waals surface area (Å²) in [6.45, 7) is 3.54. The molecule has 2 N–H and O–H groups in total. The van der Waals surface area contributed by atoms with Gasteiger partial charge in [-0.2, -0.15) is 0 Å². The minimum absolute atomic E-state index is 0.0874. The highest BCUT2D eigenvalue weighted by Crippen LogP contribution is 2.08. The van der Waals surface area contributed by atoms with Gasteiger partial charge in [-0.3, -0.25) is 4.79 Å². The first-order chi connectivity index (χ1) is 7.99. The van der Waals surface area contributed by atoms with Gasteiger partial charge in [0.15, 0.2) is 0 Å². The molecular formula is C13H18FNO2. The molecule has 0 aromatic heterocycles. The first-order valence-corrected chi connectivity index (χ1v) is 5.72. The number of hydrogen-bond donors (Lipinski definition) is 2. The lowest BCUT2D eigenvalue weighted by Gasteiger charge is -2.16. The standard InChI is InChI=1S/C13H18FNO2/c1-9(15-10(2)13(16)17)6-7-11-4-3-5-12(14)8-11/h3-5,8-10,15H,6-7H2,1-2H3,(H,16,17)/t9?,10-/m0/s1. The summed E-state index contributed by atoms with van der Waals surface area (Å²) in [6.07, 6.45) is 1.51. The predicted molar refractivity (Wildman–Crippen MR) is 64.4 cm³/mol. The van der Waals surface area contributed by atoms with E-state index in [-0.39, 0.29) is 11.9 Å². The third-order valence-corrected chi connectivity index (χ3v) is 2.66. The Bertz CT molecular complexity index is 381. The average molecular weight is 239 g/mol. The molecule has 3 nitrogen and oxygen atoms in total. The summed E-state index contributed by atoms with van der Waals surface area (Å²) in [4.78, 5) is 10.6. The van der Waals surface area contributed by atoms with Crippen LogP contribution in [-0.2, 0) is 11.2 Å². The molecule has 1 unspecified atom stereocenters. The molecule has 1 aromatic carbocycles. The maximum absolute atomic E-state index is 12.9. The van der Waals surface area contributed by atoms with Gasteiger partial charge in [-0.15, -0.1) is 0 Å². The molecule has 2 atom stereocenters. The number of aliphatic carboxylic acids is 1. The van der Waals surface area contributed by atoms with E-state index in [1.165, 1.54) is 12.1 Å². The van der Waals surface area contributed by atoms with Crippen molar-refractivity contribution in [2.24, 2.45) is 0 Å². The van der Waals surface area contributed by atoms with Crippen LogP contribution >= 0.6 is 0 Å². The molecule has 1 rings (SSSR count). The Hall–Kier alpha value is -1.42. The van der Waals surface area contributed by atoms with Crippen LogP contribution in [0.3, 0.4) is 0 Å². The van der Waals surface area contributed by atoms with Gasteiger partial charge < -0.3 is 10.4 Å².